The van der Waals surface area contributed by atoms with Crippen LogP contribution in [-0.2, 0) is 0 Å². The second kappa shape index (κ2) is 1.86. The smallest absolute Gasteiger partial charge is 0.00885 e. The first kappa shape index (κ1) is 8.10. The zero-order chi connectivity index (χ0) is 8.33. The van der Waals surface area contributed by atoms with Crippen LogP contribution in [0.15, 0.2) is 0 Å². The summed E-state index contributed by atoms with van der Waals surface area (Å²) in [6, 6.07) is 0. The van der Waals surface area contributed by atoms with Gasteiger partial charge in [0.1, 0.15) is 0 Å². The van der Waals surface area contributed by atoms with Crippen molar-refractivity contribution in [2.75, 3.05) is 5.33 Å². The number of hydrogen-bond donors (Lipinski definition) is 0. The van der Waals surface area contributed by atoms with E-state index in [4.69, 9.17) is 0 Å². The van der Waals surface area contributed by atoms with Crippen LogP contribution in [0, 0.1) is 16.2 Å². The molecule has 0 aromatic carbocycles. The van der Waals surface area contributed by atoms with Crippen LogP contribution < -0.4 is 0 Å². The summed E-state index contributed by atoms with van der Waals surface area (Å²) in [4.78, 5) is 0. The topological polar surface area (TPSA) is 0 Å². The normalized spacial score (nSPS) is 48.0. The molecular weight excluding hydrogens is 200 g/mol. The predicted octanol–water partition coefficient (Wildman–Crippen LogP) is 3.60. The Morgan fingerprint density at radius 2 is 1.64 bits per heavy atom. The SMILES string of the molecule is CC(C)(C)C12CC(CBr)(C1)C2. The molecule has 1 heteroatoms. The second-order valence-electron chi connectivity index (χ2n) is 5.69. The summed E-state index contributed by atoms with van der Waals surface area (Å²) in [7, 11) is 0. The van der Waals surface area contributed by atoms with Crippen LogP contribution in [0.2, 0.25) is 0 Å². The molecule has 0 radical (unpaired) electrons. The standard InChI is InChI=1S/C10H17Br/c1-8(2,3)10-4-9(5-10,6-10)7-11/h4-7H2,1-3H3. The minimum Gasteiger partial charge on any atom is -0.0922 e. The molecule has 0 saturated heterocycles. The highest BCUT2D eigenvalue weighted by Crippen LogP contribution is 2.79. The van der Waals surface area contributed by atoms with Crippen molar-refractivity contribution in [1.29, 1.82) is 0 Å². The van der Waals surface area contributed by atoms with E-state index in [2.05, 4.69) is 36.7 Å². The Morgan fingerprint density at radius 1 is 1.18 bits per heavy atom. The molecule has 0 spiro atoms. The highest BCUT2D eigenvalue weighted by molar-refractivity contribution is 9.09. The Hall–Kier alpha value is 0.480. The molecule has 0 nitrogen and oxygen atoms in total. The first-order valence-electron chi connectivity index (χ1n) is 4.49. The van der Waals surface area contributed by atoms with E-state index in [1.54, 1.807) is 0 Å². The van der Waals surface area contributed by atoms with E-state index in [9.17, 15) is 0 Å². The van der Waals surface area contributed by atoms with Crippen molar-refractivity contribution in [2.24, 2.45) is 16.2 Å². The fraction of sp³-hybridized carbons (Fsp3) is 1.00. The third-order valence-corrected chi connectivity index (χ3v) is 5.20. The van der Waals surface area contributed by atoms with Gasteiger partial charge in [0.25, 0.3) is 0 Å². The third kappa shape index (κ3) is 0.811. The van der Waals surface area contributed by atoms with Crippen LogP contribution in [0.25, 0.3) is 0 Å². The molecule has 0 atom stereocenters. The summed E-state index contributed by atoms with van der Waals surface area (Å²) in [5, 5.41) is 1.23. The summed E-state index contributed by atoms with van der Waals surface area (Å²) in [6.07, 6.45) is 4.44. The molecular formula is C10H17Br. The third-order valence-electron chi connectivity index (χ3n) is 4.01. The second-order valence-corrected chi connectivity index (χ2v) is 6.26. The van der Waals surface area contributed by atoms with Crippen molar-refractivity contribution >= 4 is 15.9 Å². The van der Waals surface area contributed by atoms with Gasteiger partial charge < -0.3 is 0 Å². The molecule has 64 valence electrons. The monoisotopic (exact) mass is 216 g/mol. The first-order chi connectivity index (χ1) is 4.93. The molecule has 0 unspecified atom stereocenters. The quantitative estimate of drug-likeness (QED) is 0.588. The lowest BCUT2D eigenvalue weighted by atomic mass is 9.30. The Morgan fingerprint density at radius 3 is 1.91 bits per heavy atom. The summed E-state index contributed by atoms with van der Waals surface area (Å²) in [5.74, 6) is 0. The predicted molar refractivity (Wildman–Crippen MR) is 52.0 cm³/mol. The Balaban J connectivity index is 2.04. The molecule has 11 heavy (non-hydrogen) atoms. The Bertz CT molecular complexity index is 168. The van der Waals surface area contributed by atoms with Gasteiger partial charge in [-0.15, -0.1) is 0 Å². The van der Waals surface area contributed by atoms with Crippen molar-refractivity contribution in [3.8, 4) is 0 Å². The molecule has 3 saturated carbocycles. The number of alkyl halides is 1. The van der Waals surface area contributed by atoms with Crippen molar-refractivity contribution in [1.82, 2.24) is 0 Å². The Labute approximate surface area is 77.9 Å². The van der Waals surface area contributed by atoms with Gasteiger partial charge in [-0.2, -0.15) is 0 Å². The molecule has 0 aromatic heterocycles. The van der Waals surface area contributed by atoms with Gasteiger partial charge in [-0.25, -0.2) is 0 Å². The van der Waals surface area contributed by atoms with Crippen LogP contribution in [-0.4, -0.2) is 5.33 Å². The highest BCUT2D eigenvalue weighted by atomic mass is 79.9. The number of hydrogen-bond acceptors (Lipinski definition) is 0. The average Bonchev–Trinajstić information content (AvgIpc) is 1.53. The summed E-state index contributed by atoms with van der Waals surface area (Å²) in [5.41, 5.74) is 2.03. The molecule has 0 heterocycles. The van der Waals surface area contributed by atoms with E-state index in [0.717, 1.165) is 10.8 Å². The highest BCUT2D eigenvalue weighted by Gasteiger charge is 2.70. The van der Waals surface area contributed by atoms with Crippen LogP contribution in [0.4, 0.5) is 0 Å². The molecule has 0 N–H and O–H groups in total. The lowest BCUT2D eigenvalue weighted by Crippen LogP contribution is -2.67. The van der Waals surface area contributed by atoms with Crippen molar-refractivity contribution in [2.45, 2.75) is 40.0 Å². The average molecular weight is 217 g/mol. The summed E-state index contributed by atoms with van der Waals surface area (Å²) < 4.78 is 0. The maximum Gasteiger partial charge on any atom is 0.00885 e. The van der Waals surface area contributed by atoms with Crippen LogP contribution in [0.5, 0.6) is 0 Å². The van der Waals surface area contributed by atoms with Gasteiger partial charge in [0.05, 0.1) is 0 Å². The van der Waals surface area contributed by atoms with Gasteiger partial charge in [0, 0.05) is 5.33 Å². The lowest BCUT2D eigenvalue weighted by molar-refractivity contribution is -0.245. The van der Waals surface area contributed by atoms with Gasteiger partial charge >= 0.3 is 0 Å². The molecule has 3 fully saturated rings. The summed E-state index contributed by atoms with van der Waals surface area (Å²) in [6.45, 7) is 7.18. The van der Waals surface area contributed by atoms with E-state index in [0.29, 0.717) is 5.41 Å². The van der Waals surface area contributed by atoms with Gasteiger partial charge in [-0.1, -0.05) is 36.7 Å². The molecule has 0 aromatic rings. The van der Waals surface area contributed by atoms with E-state index < -0.39 is 0 Å². The van der Waals surface area contributed by atoms with Gasteiger partial charge in [0.15, 0.2) is 0 Å². The molecule has 3 aliphatic rings. The van der Waals surface area contributed by atoms with E-state index in [1.165, 1.54) is 24.6 Å². The molecule has 2 bridgehead atoms. The van der Waals surface area contributed by atoms with Crippen molar-refractivity contribution < 1.29 is 0 Å². The minimum atomic E-state index is 0.552. The summed E-state index contributed by atoms with van der Waals surface area (Å²) >= 11 is 3.61. The zero-order valence-corrected chi connectivity index (χ0v) is 9.29. The molecule has 3 rings (SSSR count). The van der Waals surface area contributed by atoms with E-state index in [-0.39, 0.29) is 0 Å². The lowest BCUT2D eigenvalue weighted by Gasteiger charge is -2.75. The zero-order valence-electron chi connectivity index (χ0n) is 7.71. The van der Waals surface area contributed by atoms with Gasteiger partial charge in [0.2, 0.25) is 0 Å². The maximum absolute atomic E-state index is 3.61. The van der Waals surface area contributed by atoms with Crippen LogP contribution >= 0.6 is 15.9 Å². The van der Waals surface area contributed by atoms with Crippen molar-refractivity contribution in [3.63, 3.8) is 0 Å². The van der Waals surface area contributed by atoms with Gasteiger partial charge in [-0.05, 0) is 35.5 Å². The molecule has 0 aliphatic heterocycles. The molecule has 0 amide bonds. The fourth-order valence-electron chi connectivity index (χ4n) is 2.94. The Kier molecular flexibility index (Phi) is 1.37. The van der Waals surface area contributed by atoms with Gasteiger partial charge in [-0.3, -0.25) is 0 Å². The molecule has 3 aliphatic carbocycles. The van der Waals surface area contributed by atoms with Crippen molar-refractivity contribution in [3.05, 3.63) is 0 Å². The van der Waals surface area contributed by atoms with E-state index >= 15 is 0 Å². The first-order valence-corrected chi connectivity index (χ1v) is 5.61. The largest absolute Gasteiger partial charge is 0.0922 e. The maximum atomic E-state index is 3.61. The van der Waals surface area contributed by atoms with E-state index in [1.807, 2.05) is 0 Å². The minimum absolute atomic E-state index is 0.552. The van der Waals surface area contributed by atoms with Crippen LogP contribution in [0.1, 0.15) is 40.0 Å². The number of halogens is 1. The number of rotatable bonds is 1. The fourth-order valence-corrected chi connectivity index (χ4v) is 3.53. The van der Waals surface area contributed by atoms with Crippen LogP contribution in [0.3, 0.4) is 0 Å².